The van der Waals surface area contributed by atoms with Crippen molar-refractivity contribution in [2.24, 2.45) is 0 Å². The van der Waals surface area contributed by atoms with Crippen molar-refractivity contribution >= 4 is 16.6 Å². The van der Waals surface area contributed by atoms with Gasteiger partial charge in [0.05, 0.1) is 0 Å². The zero-order valence-corrected chi connectivity index (χ0v) is 26.9. The highest BCUT2D eigenvalue weighted by Gasteiger charge is 2.56. The summed E-state index contributed by atoms with van der Waals surface area (Å²) in [6.07, 6.45) is 10.1. The minimum atomic E-state index is -1.99. The number of rotatable bonds is 18. The molecule has 196 valence electrons. The molecule has 0 aliphatic rings. The van der Waals surface area contributed by atoms with Crippen LogP contribution in [-0.2, 0) is 4.12 Å². The highest BCUT2D eigenvalue weighted by atomic mass is 28.4. The second-order valence-corrected chi connectivity index (χ2v) is 23.5. The van der Waals surface area contributed by atoms with Crippen molar-refractivity contribution in [3.63, 3.8) is 0 Å². The van der Waals surface area contributed by atoms with E-state index in [1.54, 1.807) is 0 Å². The van der Waals surface area contributed by atoms with Crippen LogP contribution in [0, 0.1) is 0 Å². The Bertz CT molecular complexity index is 510. The Morgan fingerprint density at radius 2 is 0.818 bits per heavy atom. The topological polar surface area (TPSA) is 9.23 Å². The first kappa shape index (κ1) is 32.9. The highest BCUT2D eigenvalue weighted by molar-refractivity contribution is 6.90. The Morgan fingerprint density at radius 1 is 0.545 bits per heavy atom. The van der Waals surface area contributed by atoms with Gasteiger partial charge in [-0.1, -0.05) is 106 Å². The van der Waals surface area contributed by atoms with E-state index in [-0.39, 0.29) is 0 Å². The minimum Gasteiger partial charge on any atom is -0.454 e. The van der Waals surface area contributed by atoms with E-state index in [1.807, 2.05) is 0 Å². The first-order valence-electron chi connectivity index (χ1n) is 14.1. The fraction of sp³-hybridized carbons (Fsp3) is 0.867. The molecule has 1 nitrogen and oxygen atoms in total. The fourth-order valence-electron chi connectivity index (χ4n) is 6.79. The maximum atomic E-state index is 7.99. The van der Waals surface area contributed by atoms with Crippen LogP contribution in [0.2, 0.25) is 33.2 Å². The third kappa shape index (κ3) is 9.11. The molecule has 0 saturated heterocycles. The molecule has 0 saturated carbocycles. The smallest absolute Gasteiger partial charge is 0.187 e. The van der Waals surface area contributed by atoms with Crippen LogP contribution in [0.15, 0.2) is 24.3 Å². The molecule has 0 aromatic heterocycles. The predicted octanol–water partition coefficient (Wildman–Crippen LogP) is 11.6. The van der Waals surface area contributed by atoms with Crippen LogP contribution in [0.4, 0.5) is 0 Å². The van der Waals surface area contributed by atoms with Gasteiger partial charge in [-0.25, -0.2) is 0 Å². The second-order valence-electron chi connectivity index (χ2n) is 12.6. The molecular weight excluding hydrogens is 433 g/mol. The van der Waals surface area contributed by atoms with Crippen LogP contribution in [0.1, 0.15) is 134 Å². The van der Waals surface area contributed by atoms with Gasteiger partial charge in [0.2, 0.25) is 0 Å². The van der Waals surface area contributed by atoms with Crippen molar-refractivity contribution in [2.75, 3.05) is 0 Å². The summed E-state index contributed by atoms with van der Waals surface area (Å²) in [5.41, 5.74) is 6.62. The SMILES string of the molecule is C=C(C)CCCCC(C)[Si](O[Si](C(C)C)(C(C)C)C(C)CCCCC(=C)C)(C(C)C)C(C)C. The van der Waals surface area contributed by atoms with Crippen LogP contribution >= 0.6 is 0 Å². The van der Waals surface area contributed by atoms with Crippen molar-refractivity contribution < 1.29 is 4.12 Å². The van der Waals surface area contributed by atoms with E-state index >= 15 is 0 Å². The monoisotopic (exact) mass is 494 g/mol. The minimum absolute atomic E-state index is 0.647. The summed E-state index contributed by atoms with van der Waals surface area (Å²) < 4.78 is 7.99. The zero-order chi connectivity index (χ0) is 26.0. The van der Waals surface area contributed by atoms with Crippen LogP contribution in [0.5, 0.6) is 0 Å². The van der Waals surface area contributed by atoms with Gasteiger partial charge in [0, 0.05) is 0 Å². The van der Waals surface area contributed by atoms with Gasteiger partial charge < -0.3 is 4.12 Å². The zero-order valence-electron chi connectivity index (χ0n) is 24.9. The van der Waals surface area contributed by atoms with E-state index < -0.39 is 16.6 Å². The van der Waals surface area contributed by atoms with Crippen LogP contribution in [0.25, 0.3) is 0 Å². The average molecular weight is 495 g/mol. The van der Waals surface area contributed by atoms with E-state index in [0.29, 0.717) is 33.2 Å². The quantitative estimate of drug-likeness (QED) is 0.104. The Balaban J connectivity index is 6.02. The van der Waals surface area contributed by atoms with Gasteiger partial charge in [-0.15, -0.1) is 13.2 Å². The fourth-order valence-corrected chi connectivity index (χ4v) is 23.2. The Morgan fingerprint density at radius 3 is 1.03 bits per heavy atom. The van der Waals surface area contributed by atoms with Gasteiger partial charge in [-0.2, -0.15) is 0 Å². The van der Waals surface area contributed by atoms with Crippen LogP contribution < -0.4 is 0 Å². The van der Waals surface area contributed by atoms with E-state index in [1.165, 1.54) is 62.5 Å². The predicted molar refractivity (Wildman–Crippen MR) is 158 cm³/mol. The third-order valence-electron chi connectivity index (χ3n) is 8.48. The number of hydrogen-bond acceptors (Lipinski definition) is 1. The summed E-state index contributed by atoms with van der Waals surface area (Å²) in [6.45, 7) is 37.5. The molecule has 0 bridgehead atoms. The molecule has 0 aliphatic heterocycles. The molecule has 0 aromatic rings. The molecule has 0 heterocycles. The van der Waals surface area contributed by atoms with Gasteiger partial charge in [-0.05, 0) is 72.8 Å². The Labute approximate surface area is 212 Å². The van der Waals surface area contributed by atoms with E-state index in [9.17, 15) is 0 Å². The van der Waals surface area contributed by atoms with E-state index in [2.05, 4.69) is 96.2 Å². The molecule has 0 fully saturated rings. The van der Waals surface area contributed by atoms with Gasteiger partial charge in [-0.3, -0.25) is 0 Å². The lowest BCUT2D eigenvalue weighted by atomic mass is 10.1. The van der Waals surface area contributed by atoms with Crippen molar-refractivity contribution in [1.29, 1.82) is 0 Å². The van der Waals surface area contributed by atoms with Crippen molar-refractivity contribution in [2.45, 2.75) is 168 Å². The average Bonchev–Trinajstić information content (AvgIpc) is 2.67. The molecule has 3 heteroatoms. The van der Waals surface area contributed by atoms with Gasteiger partial charge in [0.25, 0.3) is 0 Å². The number of unbranched alkanes of at least 4 members (excludes halogenated alkanes) is 2. The lowest BCUT2D eigenvalue weighted by Gasteiger charge is -2.55. The molecule has 0 N–H and O–H groups in total. The maximum absolute atomic E-state index is 7.99. The summed E-state index contributed by atoms with van der Waals surface area (Å²) >= 11 is 0. The first-order chi connectivity index (χ1) is 15.2. The highest BCUT2D eigenvalue weighted by Crippen LogP contribution is 2.53. The van der Waals surface area contributed by atoms with Gasteiger partial charge >= 0.3 is 0 Å². The molecule has 0 spiro atoms. The first-order valence-corrected chi connectivity index (χ1v) is 18.4. The number of allylic oxidation sites excluding steroid dienone is 2. The summed E-state index contributed by atoms with van der Waals surface area (Å²) in [4.78, 5) is 0. The molecule has 0 aromatic carbocycles. The summed E-state index contributed by atoms with van der Waals surface area (Å²) in [5.74, 6) is 0. The molecule has 0 rings (SSSR count). The molecule has 2 unspecified atom stereocenters. The lowest BCUT2D eigenvalue weighted by molar-refractivity contribution is 0.406. The molecule has 33 heavy (non-hydrogen) atoms. The molecule has 0 radical (unpaired) electrons. The van der Waals surface area contributed by atoms with Crippen LogP contribution in [0.3, 0.4) is 0 Å². The molecule has 0 aliphatic carbocycles. The van der Waals surface area contributed by atoms with Gasteiger partial charge in [0.15, 0.2) is 16.6 Å². The largest absolute Gasteiger partial charge is 0.454 e. The Hall–Kier alpha value is -0.126. The standard InChI is InChI=1S/C30H62OSi2/c1-23(2)19-15-17-21-29(13)32(25(5)6,26(7)8)31-33(27(9)10,28(11)12)30(14)22-18-16-20-24(3)4/h25-30H,1,3,15-22H2,2,4-14H3. The lowest BCUT2D eigenvalue weighted by Crippen LogP contribution is -2.61. The summed E-state index contributed by atoms with van der Waals surface area (Å²) in [5, 5.41) is 0. The van der Waals surface area contributed by atoms with Crippen molar-refractivity contribution in [1.82, 2.24) is 0 Å². The number of hydrogen-bond donors (Lipinski definition) is 0. The van der Waals surface area contributed by atoms with Crippen molar-refractivity contribution in [3.8, 4) is 0 Å². The van der Waals surface area contributed by atoms with Crippen molar-refractivity contribution in [3.05, 3.63) is 24.3 Å². The van der Waals surface area contributed by atoms with Crippen LogP contribution in [-0.4, -0.2) is 16.6 Å². The van der Waals surface area contributed by atoms with Gasteiger partial charge in [0.1, 0.15) is 0 Å². The second kappa shape index (κ2) is 15.1. The van der Waals surface area contributed by atoms with E-state index in [0.717, 1.165) is 0 Å². The summed E-state index contributed by atoms with van der Waals surface area (Å²) in [6, 6.07) is 0. The molecular formula is C30H62OSi2. The normalized spacial score (nSPS) is 15.0. The Kier molecular flexibility index (Phi) is 15.0. The van der Waals surface area contributed by atoms with E-state index in [4.69, 9.17) is 4.12 Å². The summed E-state index contributed by atoms with van der Waals surface area (Å²) in [7, 11) is -3.99. The molecule has 0 amide bonds. The molecule has 2 atom stereocenters. The maximum Gasteiger partial charge on any atom is 0.187 e. The third-order valence-corrected chi connectivity index (χ3v) is 22.2.